The molecule has 0 saturated heterocycles. The van der Waals surface area contributed by atoms with E-state index in [4.69, 9.17) is 9.47 Å². The molecule has 1 aliphatic rings. The van der Waals surface area contributed by atoms with Crippen LogP contribution in [0.4, 0.5) is 8.78 Å². The quantitative estimate of drug-likeness (QED) is 0.247. The van der Waals surface area contributed by atoms with Gasteiger partial charge in [-0.1, -0.05) is 24.3 Å². The Morgan fingerprint density at radius 3 is 2.58 bits per heavy atom. The molecule has 3 aromatic rings. The van der Waals surface area contributed by atoms with E-state index in [2.05, 4.69) is 31.4 Å². The second-order valence-corrected chi connectivity index (χ2v) is 6.89. The molecule has 0 aliphatic carbocycles. The zero-order valence-corrected chi connectivity index (χ0v) is 20.1. The highest BCUT2D eigenvalue weighted by molar-refractivity contribution is 14.0. The van der Waals surface area contributed by atoms with Gasteiger partial charge in [-0.05, 0) is 29.8 Å². The second kappa shape index (κ2) is 11.6. The van der Waals surface area contributed by atoms with Crippen molar-refractivity contribution in [3.63, 3.8) is 0 Å². The van der Waals surface area contributed by atoms with E-state index in [1.165, 1.54) is 6.07 Å². The second-order valence-electron chi connectivity index (χ2n) is 6.89. The SMILES string of the molecule is CN=C(NCc1cccc(-c2ccccn2)c1)NCc1cc2c(cc1OC(F)F)OCO2.I. The molecule has 0 saturated carbocycles. The predicted molar refractivity (Wildman–Crippen MR) is 131 cm³/mol. The first-order valence-corrected chi connectivity index (χ1v) is 9.94. The molecule has 33 heavy (non-hydrogen) atoms. The summed E-state index contributed by atoms with van der Waals surface area (Å²) in [4.78, 5) is 8.58. The average Bonchev–Trinajstić information content (AvgIpc) is 3.27. The van der Waals surface area contributed by atoms with Crippen molar-refractivity contribution in [1.82, 2.24) is 15.6 Å². The number of aliphatic imine (C=N–C) groups is 1. The molecule has 1 aliphatic heterocycles. The highest BCUT2D eigenvalue weighted by Crippen LogP contribution is 2.38. The molecular weight excluding hydrogens is 545 g/mol. The molecule has 0 radical (unpaired) electrons. The van der Waals surface area contributed by atoms with E-state index in [1.807, 2.05) is 36.4 Å². The molecule has 0 amide bonds. The summed E-state index contributed by atoms with van der Waals surface area (Å²) < 4.78 is 40.9. The largest absolute Gasteiger partial charge is 0.454 e. The zero-order valence-electron chi connectivity index (χ0n) is 17.8. The number of nitrogens with zero attached hydrogens (tertiary/aromatic N) is 2. The van der Waals surface area contributed by atoms with Gasteiger partial charge < -0.3 is 24.8 Å². The van der Waals surface area contributed by atoms with Gasteiger partial charge in [0.05, 0.1) is 5.69 Å². The van der Waals surface area contributed by atoms with Crippen LogP contribution in [0.5, 0.6) is 17.2 Å². The van der Waals surface area contributed by atoms with Crippen LogP contribution in [0, 0.1) is 0 Å². The minimum atomic E-state index is -2.95. The summed E-state index contributed by atoms with van der Waals surface area (Å²) in [6, 6.07) is 16.8. The van der Waals surface area contributed by atoms with Crippen molar-refractivity contribution in [2.75, 3.05) is 13.8 Å². The number of alkyl halides is 2. The number of aromatic nitrogens is 1. The van der Waals surface area contributed by atoms with Crippen molar-refractivity contribution in [2.45, 2.75) is 19.7 Å². The molecule has 0 fully saturated rings. The lowest BCUT2D eigenvalue weighted by molar-refractivity contribution is -0.0505. The molecule has 10 heteroatoms. The summed E-state index contributed by atoms with van der Waals surface area (Å²) in [5.74, 6) is 1.39. The van der Waals surface area contributed by atoms with Crippen molar-refractivity contribution in [2.24, 2.45) is 4.99 Å². The van der Waals surface area contributed by atoms with E-state index in [0.717, 1.165) is 16.8 Å². The first kappa shape index (κ1) is 24.5. The Balaban J connectivity index is 0.00000306. The molecule has 2 aromatic carbocycles. The van der Waals surface area contributed by atoms with Gasteiger partial charge in [0.2, 0.25) is 6.79 Å². The molecule has 7 nitrogen and oxygen atoms in total. The third kappa shape index (κ3) is 6.44. The number of pyridine rings is 1. The number of guanidine groups is 1. The zero-order chi connectivity index (χ0) is 22.3. The molecular formula is C23H23F2IN4O3. The molecule has 0 unspecified atom stereocenters. The van der Waals surface area contributed by atoms with Crippen LogP contribution in [0.25, 0.3) is 11.3 Å². The van der Waals surface area contributed by atoms with Crippen LogP contribution in [0.2, 0.25) is 0 Å². The van der Waals surface area contributed by atoms with Gasteiger partial charge in [-0.25, -0.2) is 0 Å². The molecule has 1 aromatic heterocycles. The highest BCUT2D eigenvalue weighted by Gasteiger charge is 2.20. The fraction of sp³-hybridized carbons (Fsp3) is 0.217. The maximum Gasteiger partial charge on any atom is 0.387 e. The average molecular weight is 568 g/mol. The van der Waals surface area contributed by atoms with Crippen molar-refractivity contribution in [1.29, 1.82) is 0 Å². The van der Waals surface area contributed by atoms with Crippen LogP contribution in [-0.2, 0) is 13.1 Å². The van der Waals surface area contributed by atoms with E-state index in [-0.39, 0.29) is 43.1 Å². The lowest BCUT2D eigenvalue weighted by Gasteiger charge is -2.15. The third-order valence-electron chi connectivity index (χ3n) is 4.79. The number of nitrogens with one attached hydrogen (secondary N) is 2. The topological polar surface area (TPSA) is 77.0 Å². The maximum atomic E-state index is 12.8. The molecule has 0 atom stereocenters. The fourth-order valence-electron chi connectivity index (χ4n) is 3.27. The van der Waals surface area contributed by atoms with Gasteiger partial charge in [0.15, 0.2) is 17.5 Å². The summed E-state index contributed by atoms with van der Waals surface area (Å²) in [5, 5.41) is 6.33. The number of hydrogen-bond acceptors (Lipinski definition) is 5. The van der Waals surface area contributed by atoms with Gasteiger partial charge in [0.1, 0.15) is 5.75 Å². The third-order valence-corrected chi connectivity index (χ3v) is 4.79. The summed E-state index contributed by atoms with van der Waals surface area (Å²) >= 11 is 0. The van der Waals surface area contributed by atoms with Gasteiger partial charge in [0, 0.05) is 43.5 Å². The first-order valence-electron chi connectivity index (χ1n) is 9.94. The number of fused-ring (bicyclic) bond motifs is 1. The Morgan fingerprint density at radius 1 is 1.06 bits per heavy atom. The maximum absolute atomic E-state index is 12.8. The summed E-state index contributed by atoms with van der Waals surface area (Å²) in [6.45, 7) is -2.19. The number of benzene rings is 2. The molecule has 0 bridgehead atoms. The van der Waals surface area contributed by atoms with Crippen LogP contribution in [0.3, 0.4) is 0 Å². The van der Waals surface area contributed by atoms with E-state index < -0.39 is 6.61 Å². The van der Waals surface area contributed by atoms with Crippen molar-refractivity contribution >= 4 is 29.9 Å². The smallest absolute Gasteiger partial charge is 0.387 e. The van der Waals surface area contributed by atoms with Gasteiger partial charge in [-0.2, -0.15) is 8.78 Å². The van der Waals surface area contributed by atoms with E-state index in [9.17, 15) is 8.78 Å². The van der Waals surface area contributed by atoms with Crippen LogP contribution in [0.15, 0.2) is 65.8 Å². The van der Waals surface area contributed by atoms with Gasteiger partial charge >= 0.3 is 6.61 Å². The lowest BCUT2D eigenvalue weighted by Crippen LogP contribution is -2.36. The van der Waals surface area contributed by atoms with Crippen molar-refractivity contribution in [3.8, 4) is 28.5 Å². The van der Waals surface area contributed by atoms with Gasteiger partial charge in [-0.3, -0.25) is 9.98 Å². The van der Waals surface area contributed by atoms with E-state index in [0.29, 0.717) is 29.6 Å². The van der Waals surface area contributed by atoms with E-state index in [1.54, 1.807) is 19.3 Å². The molecule has 4 rings (SSSR count). The number of hydrogen-bond donors (Lipinski definition) is 2. The van der Waals surface area contributed by atoms with Gasteiger partial charge in [0.25, 0.3) is 0 Å². The van der Waals surface area contributed by atoms with Crippen LogP contribution < -0.4 is 24.8 Å². The number of ether oxygens (including phenoxy) is 3. The molecule has 174 valence electrons. The first-order chi connectivity index (χ1) is 15.6. The molecule has 0 spiro atoms. The Bertz CT molecular complexity index is 1100. The number of halogens is 3. The highest BCUT2D eigenvalue weighted by atomic mass is 127. The fourth-order valence-corrected chi connectivity index (χ4v) is 3.27. The minimum absolute atomic E-state index is 0. The Kier molecular flexibility index (Phi) is 8.64. The monoisotopic (exact) mass is 568 g/mol. The lowest BCUT2D eigenvalue weighted by atomic mass is 10.1. The van der Waals surface area contributed by atoms with Crippen LogP contribution in [-0.4, -0.2) is 31.4 Å². The van der Waals surface area contributed by atoms with Crippen LogP contribution >= 0.6 is 24.0 Å². The summed E-state index contributed by atoms with van der Waals surface area (Å²) in [7, 11) is 1.63. The summed E-state index contributed by atoms with van der Waals surface area (Å²) in [6.07, 6.45) is 1.76. The summed E-state index contributed by atoms with van der Waals surface area (Å²) in [5.41, 5.74) is 3.45. The van der Waals surface area contributed by atoms with Crippen molar-refractivity contribution in [3.05, 3.63) is 71.9 Å². The van der Waals surface area contributed by atoms with Gasteiger partial charge in [-0.15, -0.1) is 24.0 Å². The van der Waals surface area contributed by atoms with E-state index >= 15 is 0 Å². The Labute approximate surface area is 207 Å². The van der Waals surface area contributed by atoms with Crippen LogP contribution in [0.1, 0.15) is 11.1 Å². The molecule has 2 N–H and O–H groups in total. The Morgan fingerprint density at radius 2 is 1.85 bits per heavy atom. The number of rotatable bonds is 7. The molecule has 2 heterocycles. The van der Waals surface area contributed by atoms with Crippen molar-refractivity contribution < 1.29 is 23.0 Å². The Hall–Kier alpha value is -3.15. The normalized spacial score (nSPS) is 12.3. The standard InChI is InChI=1S/C23H22F2N4O3.HI/c1-26-23(28-12-15-5-4-6-16(9-15)18-7-2-3-8-27-18)29-13-17-10-20-21(31-14-30-20)11-19(17)32-22(24)25;/h2-11,22H,12-14H2,1H3,(H2,26,28,29);1H. The predicted octanol–water partition coefficient (Wildman–Crippen LogP) is 4.56. The minimum Gasteiger partial charge on any atom is -0.454 e.